The molecule has 3 aromatic rings. The molecule has 3 rings (SSSR count). The number of aromatic nitrogens is 1. The molecule has 0 unspecified atom stereocenters. The van der Waals surface area contributed by atoms with Gasteiger partial charge in [0.1, 0.15) is 11.9 Å². The molecule has 1 amide bonds. The molecule has 1 heterocycles. The van der Waals surface area contributed by atoms with Gasteiger partial charge in [0.2, 0.25) is 11.8 Å². The molecule has 108 valence electrons. The van der Waals surface area contributed by atoms with Gasteiger partial charge in [-0.1, -0.05) is 12.1 Å². The van der Waals surface area contributed by atoms with Gasteiger partial charge >= 0.3 is 0 Å². The Balaban J connectivity index is 1.91. The highest BCUT2D eigenvalue weighted by Crippen LogP contribution is 2.27. The summed E-state index contributed by atoms with van der Waals surface area (Å²) in [5, 5.41) is 11.2. The van der Waals surface area contributed by atoms with Crippen LogP contribution in [0.2, 0.25) is 0 Å². The van der Waals surface area contributed by atoms with Gasteiger partial charge in [0.25, 0.3) is 0 Å². The molecule has 5 nitrogen and oxygen atoms in total. The van der Waals surface area contributed by atoms with Gasteiger partial charge in [-0.15, -0.1) is 0 Å². The third-order valence-electron chi connectivity index (χ3n) is 3.28. The first-order valence-electron chi connectivity index (χ1n) is 6.81. The van der Waals surface area contributed by atoms with E-state index in [0.29, 0.717) is 11.6 Å². The zero-order chi connectivity index (χ0) is 15.5. The summed E-state index contributed by atoms with van der Waals surface area (Å²) < 4.78 is 5.73. The third-order valence-corrected chi connectivity index (χ3v) is 3.28. The summed E-state index contributed by atoms with van der Waals surface area (Å²) in [5.41, 5.74) is 3.95. The van der Waals surface area contributed by atoms with Crippen molar-refractivity contribution in [3.63, 3.8) is 0 Å². The lowest BCUT2D eigenvalue weighted by Crippen LogP contribution is -2.11. The zero-order valence-corrected chi connectivity index (χ0v) is 12.0. The lowest BCUT2D eigenvalue weighted by molar-refractivity contribution is -0.115. The first-order valence-corrected chi connectivity index (χ1v) is 6.81. The fraction of sp³-hybridized carbons (Fsp3) is 0.118. The van der Waals surface area contributed by atoms with Crippen molar-refractivity contribution in [1.29, 1.82) is 5.26 Å². The summed E-state index contributed by atoms with van der Waals surface area (Å²) in [6.07, 6.45) is -0.160. The Morgan fingerprint density at radius 3 is 2.86 bits per heavy atom. The first kappa shape index (κ1) is 13.8. The van der Waals surface area contributed by atoms with Crippen molar-refractivity contribution < 1.29 is 9.21 Å². The van der Waals surface area contributed by atoms with Crippen LogP contribution in [0.1, 0.15) is 12.0 Å². The number of hydrogen-bond donors (Lipinski definition) is 1. The Labute approximate surface area is 127 Å². The van der Waals surface area contributed by atoms with Gasteiger partial charge in [0.05, 0.1) is 6.07 Å². The molecule has 1 N–H and O–H groups in total. The van der Waals surface area contributed by atoms with Crippen molar-refractivity contribution in [1.82, 2.24) is 4.98 Å². The minimum Gasteiger partial charge on any atom is -0.436 e. The molecule has 0 aliphatic carbocycles. The second-order valence-corrected chi connectivity index (χ2v) is 4.90. The van der Waals surface area contributed by atoms with Crippen molar-refractivity contribution in [2.75, 3.05) is 5.32 Å². The number of anilines is 1. The molecule has 0 radical (unpaired) electrons. The van der Waals surface area contributed by atoms with Crippen molar-refractivity contribution in [2.24, 2.45) is 0 Å². The van der Waals surface area contributed by atoms with Crippen molar-refractivity contribution in [2.45, 2.75) is 13.3 Å². The Hall–Kier alpha value is -3.13. The summed E-state index contributed by atoms with van der Waals surface area (Å²) >= 11 is 0. The van der Waals surface area contributed by atoms with Gasteiger partial charge in [0.15, 0.2) is 5.58 Å². The van der Waals surface area contributed by atoms with E-state index in [-0.39, 0.29) is 12.3 Å². The predicted octanol–water partition coefficient (Wildman–Crippen LogP) is 3.66. The summed E-state index contributed by atoms with van der Waals surface area (Å²) in [5.74, 6) is 0.222. The summed E-state index contributed by atoms with van der Waals surface area (Å²) in [6, 6.07) is 14.9. The van der Waals surface area contributed by atoms with Crippen LogP contribution >= 0.6 is 0 Å². The van der Waals surface area contributed by atoms with E-state index in [4.69, 9.17) is 9.68 Å². The van der Waals surface area contributed by atoms with E-state index in [1.807, 2.05) is 49.4 Å². The molecule has 0 saturated carbocycles. The van der Waals surface area contributed by atoms with E-state index in [0.717, 1.165) is 22.2 Å². The van der Waals surface area contributed by atoms with Crippen LogP contribution in [-0.2, 0) is 4.79 Å². The SMILES string of the molecule is Cc1cc(-c2nc3ccccc3o2)ccc1NC(=O)CC#N. The monoisotopic (exact) mass is 291 g/mol. The molecule has 1 aromatic heterocycles. The van der Waals surface area contributed by atoms with Crippen molar-refractivity contribution in [3.05, 3.63) is 48.0 Å². The van der Waals surface area contributed by atoms with Crippen LogP contribution in [0.15, 0.2) is 46.9 Å². The number of oxazole rings is 1. The normalized spacial score (nSPS) is 10.4. The fourth-order valence-electron chi connectivity index (χ4n) is 2.20. The van der Waals surface area contributed by atoms with E-state index in [2.05, 4.69) is 10.3 Å². The molecule has 0 bridgehead atoms. The lowest BCUT2D eigenvalue weighted by Gasteiger charge is -2.07. The second-order valence-electron chi connectivity index (χ2n) is 4.90. The highest BCUT2D eigenvalue weighted by atomic mass is 16.3. The number of nitriles is 1. The van der Waals surface area contributed by atoms with Crippen LogP contribution in [0, 0.1) is 18.3 Å². The molecule has 0 aliphatic heterocycles. The molecular formula is C17H13N3O2. The number of benzene rings is 2. The number of para-hydroxylation sites is 2. The molecule has 0 spiro atoms. The number of nitrogens with zero attached hydrogens (tertiary/aromatic N) is 2. The number of amides is 1. The standard InChI is InChI=1S/C17H13N3O2/c1-11-10-12(6-7-13(11)19-16(21)8-9-18)17-20-14-4-2-3-5-15(14)22-17/h2-7,10H,8H2,1H3,(H,19,21). The maximum atomic E-state index is 11.5. The highest BCUT2D eigenvalue weighted by Gasteiger charge is 2.10. The summed E-state index contributed by atoms with van der Waals surface area (Å²) in [4.78, 5) is 15.9. The molecule has 2 aromatic carbocycles. The smallest absolute Gasteiger partial charge is 0.238 e. The lowest BCUT2D eigenvalue weighted by atomic mass is 10.1. The maximum absolute atomic E-state index is 11.5. The van der Waals surface area contributed by atoms with Crippen molar-refractivity contribution >= 4 is 22.7 Å². The Bertz CT molecular complexity index is 857. The number of fused-ring (bicyclic) bond motifs is 1. The van der Waals surface area contributed by atoms with E-state index < -0.39 is 0 Å². The van der Waals surface area contributed by atoms with E-state index in [1.54, 1.807) is 6.07 Å². The number of carbonyl (C=O) groups excluding carboxylic acids is 1. The topological polar surface area (TPSA) is 78.9 Å². The number of rotatable bonds is 3. The number of nitrogens with one attached hydrogen (secondary N) is 1. The minimum atomic E-state index is -0.319. The Kier molecular flexibility index (Phi) is 3.58. The van der Waals surface area contributed by atoms with Crippen molar-refractivity contribution in [3.8, 4) is 17.5 Å². The molecule has 22 heavy (non-hydrogen) atoms. The quantitative estimate of drug-likeness (QED) is 0.798. The largest absolute Gasteiger partial charge is 0.436 e. The predicted molar refractivity (Wildman–Crippen MR) is 83.0 cm³/mol. The van der Waals surface area contributed by atoms with E-state index >= 15 is 0 Å². The van der Waals surface area contributed by atoms with Crippen LogP contribution in [0.25, 0.3) is 22.6 Å². The third kappa shape index (κ3) is 2.67. The van der Waals surface area contributed by atoms with Crippen LogP contribution in [-0.4, -0.2) is 10.9 Å². The van der Waals surface area contributed by atoms with Crippen LogP contribution in [0.5, 0.6) is 0 Å². The van der Waals surface area contributed by atoms with Gasteiger partial charge in [-0.25, -0.2) is 4.98 Å². The number of hydrogen-bond acceptors (Lipinski definition) is 4. The molecule has 0 aliphatic rings. The average Bonchev–Trinajstić information content (AvgIpc) is 2.93. The van der Waals surface area contributed by atoms with Gasteiger partial charge in [0, 0.05) is 11.3 Å². The summed E-state index contributed by atoms with van der Waals surface area (Å²) in [6.45, 7) is 1.88. The van der Waals surface area contributed by atoms with E-state index in [1.165, 1.54) is 0 Å². The molecule has 5 heteroatoms. The Morgan fingerprint density at radius 2 is 2.14 bits per heavy atom. The molecule has 0 saturated heterocycles. The van der Waals surface area contributed by atoms with E-state index in [9.17, 15) is 4.79 Å². The highest BCUT2D eigenvalue weighted by molar-refractivity contribution is 5.93. The minimum absolute atomic E-state index is 0.160. The summed E-state index contributed by atoms with van der Waals surface area (Å²) in [7, 11) is 0. The number of aryl methyl sites for hydroxylation is 1. The van der Waals surface area contributed by atoms with Gasteiger partial charge in [-0.05, 0) is 42.8 Å². The Morgan fingerprint density at radius 1 is 1.32 bits per heavy atom. The molecule has 0 atom stereocenters. The number of carbonyl (C=O) groups is 1. The fourth-order valence-corrected chi connectivity index (χ4v) is 2.20. The average molecular weight is 291 g/mol. The van der Waals surface area contributed by atoms with Crippen LogP contribution < -0.4 is 5.32 Å². The van der Waals surface area contributed by atoms with Gasteiger partial charge in [-0.2, -0.15) is 5.26 Å². The molecular weight excluding hydrogens is 278 g/mol. The first-order chi connectivity index (χ1) is 10.7. The van der Waals surface area contributed by atoms with Crippen LogP contribution in [0.4, 0.5) is 5.69 Å². The molecule has 0 fully saturated rings. The maximum Gasteiger partial charge on any atom is 0.238 e. The van der Waals surface area contributed by atoms with Crippen LogP contribution in [0.3, 0.4) is 0 Å². The zero-order valence-electron chi connectivity index (χ0n) is 12.0. The second kappa shape index (κ2) is 5.70. The van der Waals surface area contributed by atoms with Gasteiger partial charge < -0.3 is 9.73 Å². The van der Waals surface area contributed by atoms with Gasteiger partial charge in [-0.3, -0.25) is 4.79 Å².